The third kappa shape index (κ3) is 12.7. The van der Waals surface area contributed by atoms with Gasteiger partial charge in [0, 0.05) is 37.7 Å². The number of pyridine rings is 1. The van der Waals surface area contributed by atoms with Crippen molar-refractivity contribution in [2.45, 2.75) is 37.6 Å². The van der Waals surface area contributed by atoms with Crippen molar-refractivity contribution >= 4 is 85.6 Å². The Balaban J connectivity index is 0.000000189. The van der Waals surface area contributed by atoms with E-state index in [4.69, 9.17) is 65.6 Å². The first kappa shape index (κ1) is 48.8. The number of carboxylic acids is 2. The number of aromatic nitrogens is 7. The molecule has 3 aromatic carbocycles. The van der Waals surface area contributed by atoms with Crippen LogP contribution in [0.15, 0.2) is 76.6 Å². The van der Waals surface area contributed by atoms with Crippen LogP contribution in [0.3, 0.4) is 0 Å². The number of carbonyl (C=O) groups is 3. The minimum Gasteiger partial charge on any atom is -0.480 e. The van der Waals surface area contributed by atoms with Gasteiger partial charge in [0.25, 0.3) is 10.0 Å². The zero-order valence-electron chi connectivity index (χ0n) is 34.1. The molecule has 65 heavy (non-hydrogen) atoms. The number of nitrogens with zero attached hydrogens (tertiary/aromatic N) is 7. The third-order valence-corrected chi connectivity index (χ3v) is 10.8. The monoisotopic (exact) mass is 970 g/mol. The molecule has 21 nitrogen and oxygen atoms in total. The molecule has 6 aromatic rings. The van der Waals surface area contributed by atoms with Crippen LogP contribution < -0.4 is 35.3 Å². The quantitative estimate of drug-likeness (QED) is 0.0886. The Labute approximate surface area is 384 Å². The Morgan fingerprint density at radius 3 is 2.35 bits per heavy atom. The van der Waals surface area contributed by atoms with E-state index in [0.29, 0.717) is 44.3 Å². The summed E-state index contributed by atoms with van der Waals surface area (Å²) < 4.78 is 44.9. The second-order valence-corrected chi connectivity index (χ2v) is 15.8. The van der Waals surface area contributed by atoms with Crippen LogP contribution in [0, 0.1) is 12.3 Å². The minimum absolute atomic E-state index is 0.0776. The lowest BCUT2D eigenvalue weighted by atomic mass is 10.2. The molecule has 1 aliphatic heterocycles. The van der Waals surface area contributed by atoms with Gasteiger partial charge in [0.15, 0.2) is 6.61 Å². The van der Waals surface area contributed by atoms with Gasteiger partial charge < -0.3 is 29.7 Å². The SMILES string of the molecule is C#CCOc1cc(-n2nc3n(c2=O)CCCC3)c(Cl)cc1Cl.CCOc1nc(NC)nc(NC(=O)NS(=O)(=O)c2ccccc2C(=O)O)n1.O=C(O)COc1ccc(Cl)c2cccnc12. The molecule has 0 radical (unpaired) electrons. The van der Waals surface area contributed by atoms with E-state index >= 15 is 0 Å². The molecule has 0 saturated heterocycles. The Bertz CT molecular complexity index is 2940. The van der Waals surface area contributed by atoms with Gasteiger partial charge in [-0.3, -0.25) is 14.9 Å². The van der Waals surface area contributed by atoms with Gasteiger partial charge in [-0.05, 0) is 62.2 Å². The summed E-state index contributed by atoms with van der Waals surface area (Å²) in [4.78, 5) is 61.2. The molecular formula is C40H37Cl3N10O11S. The lowest BCUT2D eigenvalue weighted by Crippen LogP contribution is -2.35. The average Bonchev–Trinajstić information content (AvgIpc) is 3.61. The number of rotatable bonds is 13. The summed E-state index contributed by atoms with van der Waals surface area (Å²) in [5.74, 6) is 1.27. The number of urea groups is 1. The Morgan fingerprint density at radius 1 is 0.908 bits per heavy atom. The van der Waals surface area contributed by atoms with Crippen molar-refractivity contribution in [2.24, 2.45) is 0 Å². The molecule has 5 N–H and O–H groups in total. The zero-order chi connectivity index (χ0) is 47.3. The minimum atomic E-state index is -4.45. The predicted octanol–water partition coefficient (Wildman–Crippen LogP) is 5.56. The highest BCUT2D eigenvalue weighted by Gasteiger charge is 2.25. The Morgan fingerprint density at radius 2 is 1.66 bits per heavy atom. The van der Waals surface area contributed by atoms with Gasteiger partial charge in [-0.25, -0.2) is 32.3 Å². The van der Waals surface area contributed by atoms with E-state index in [1.54, 1.807) is 52.7 Å². The number of hydrogen-bond donors (Lipinski definition) is 5. The maximum absolute atomic E-state index is 12.5. The number of ether oxygens (including phenoxy) is 3. The van der Waals surface area contributed by atoms with E-state index in [1.807, 2.05) is 0 Å². The summed E-state index contributed by atoms with van der Waals surface area (Å²) in [5.41, 5.74) is 0.317. The van der Waals surface area contributed by atoms with Crippen molar-refractivity contribution in [3.63, 3.8) is 0 Å². The average molecular weight is 972 g/mol. The summed E-state index contributed by atoms with van der Waals surface area (Å²) >= 11 is 18.3. The van der Waals surface area contributed by atoms with Crippen molar-refractivity contribution in [3.8, 4) is 35.5 Å². The van der Waals surface area contributed by atoms with E-state index in [9.17, 15) is 27.6 Å². The first-order chi connectivity index (χ1) is 31.1. The normalized spacial score (nSPS) is 11.6. The summed E-state index contributed by atoms with van der Waals surface area (Å²) in [6, 6.07) is 13.5. The van der Waals surface area contributed by atoms with E-state index < -0.39 is 45.1 Å². The number of anilines is 2. The number of aliphatic carboxylic acids is 1. The largest absolute Gasteiger partial charge is 0.480 e. The molecule has 0 atom stereocenters. The van der Waals surface area contributed by atoms with Crippen LogP contribution in [-0.4, -0.2) is 97.8 Å². The molecule has 0 saturated carbocycles. The standard InChI is InChI=1S/C15H13Cl2N3O2.C14H16N6O6S.C11H8ClNO3/c1-2-7-22-13-9-12(10(16)8-11(13)17)20-15(21)19-6-4-3-5-14(19)18-20;1-3-26-14-18-11(15-2)16-12(19-14)17-13(23)20-27(24,25)9-7-5-4-6-8(9)10(21)22;12-8-3-4-9(16-6-10(14)15)11-7(8)2-1-5-13-11/h1,8-9H,3-7H2;4-7H,3H2,1-2H3,(H,21,22)(H3,15,16,17,18,19,20,23);1-5H,6H2,(H,14,15). The first-order valence-corrected chi connectivity index (χ1v) is 21.5. The fourth-order valence-electron chi connectivity index (χ4n) is 5.73. The Kier molecular flexibility index (Phi) is 16.9. The van der Waals surface area contributed by atoms with Crippen LogP contribution in [0.2, 0.25) is 15.1 Å². The molecule has 1 aliphatic rings. The highest BCUT2D eigenvalue weighted by atomic mass is 35.5. The van der Waals surface area contributed by atoms with Gasteiger partial charge in [0.05, 0.1) is 32.9 Å². The molecule has 7 rings (SSSR count). The molecule has 0 aliphatic carbocycles. The number of terminal acetylenes is 1. The summed E-state index contributed by atoms with van der Waals surface area (Å²) in [5, 5.41) is 28.7. The van der Waals surface area contributed by atoms with Crippen LogP contribution in [0.4, 0.5) is 16.7 Å². The number of fused-ring (bicyclic) bond motifs is 2. The molecule has 0 spiro atoms. The maximum atomic E-state index is 12.5. The maximum Gasteiger partial charge on any atom is 0.350 e. The van der Waals surface area contributed by atoms with Crippen molar-refractivity contribution in [2.75, 3.05) is 37.5 Å². The van der Waals surface area contributed by atoms with Gasteiger partial charge in [-0.15, -0.1) is 11.5 Å². The van der Waals surface area contributed by atoms with Gasteiger partial charge in [0.1, 0.15) is 34.3 Å². The number of carbonyl (C=O) groups excluding carboxylic acids is 1. The summed E-state index contributed by atoms with van der Waals surface area (Å²) in [6.07, 6.45) is 9.57. The highest BCUT2D eigenvalue weighted by Crippen LogP contribution is 2.33. The fraction of sp³-hybridized carbons (Fsp3) is 0.225. The topological polar surface area (TPSA) is 281 Å². The zero-order valence-corrected chi connectivity index (χ0v) is 37.2. The molecule has 3 aromatic heterocycles. The number of halogens is 3. The second kappa shape index (κ2) is 22.4. The molecule has 4 heterocycles. The van der Waals surface area contributed by atoms with Crippen LogP contribution in [0.1, 0.15) is 35.9 Å². The molecule has 0 unspecified atom stereocenters. The van der Waals surface area contributed by atoms with Gasteiger partial charge in [0.2, 0.25) is 11.9 Å². The van der Waals surface area contributed by atoms with Crippen LogP contribution >= 0.6 is 34.8 Å². The van der Waals surface area contributed by atoms with E-state index in [-0.39, 0.29) is 36.8 Å². The number of nitrogens with one attached hydrogen (secondary N) is 3. The number of hydrogen-bond acceptors (Lipinski definition) is 15. The fourth-order valence-corrected chi connectivity index (χ4v) is 7.58. The first-order valence-electron chi connectivity index (χ1n) is 18.9. The van der Waals surface area contributed by atoms with Crippen LogP contribution in [0.5, 0.6) is 17.5 Å². The number of carboxylic acid groups (broad SMARTS) is 2. The van der Waals surface area contributed by atoms with Gasteiger partial charge >= 0.3 is 29.7 Å². The van der Waals surface area contributed by atoms with E-state index in [0.717, 1.165) is 42.6 Å². The molecule has 0 bridgehead atoms. The summed E-state index contributed by atoms with van der Waals surface area (Å²) in [6.45, 7) is 2.33. The lowest BCUT2D eigenvalue weighted by Gasteiger charge is -2.10. The Hall–Kier alpha value is -7.19. The van der Waals surface area contributed by atoms with Crippen LogP contribution in [0.25, 0.3) is 16.6 Å². The predicted molar refractivity (Wildman–Crippen MR) is 238 cm³/mol. The molecular weight excluding hydrogens is 935 g/mol. The van der Waals surface area contributed by atoms with Crippen molar-refractivity contribution < 1.29 is 47.2 Å². The molecule has 0 fully saturated rings. The second-order valence-electron chi connectivity index (χ2n) is 12.9. The molecule has 25 heteroatoms. The van der Waals surface area contributed by atoms with E-state index in [2.05, 4.69) is 41.6 Å². The van der Waals surface area contributed by atoms with Crippen molar-refractivity contribution in [1.29, 1.82) is 0 Å². The number of aryl methyl sites for hydroxylation is 1. The van der Waals surface area contributed by atoms with Crippen molar-refractivity contribution in [3.05, 3.63) is 104 Å². The molecule has 340 valence electrons. The van der Waals surface area contributed by atoms with Gasteiger partial charge in [-0.1, -0.05) is 52.9 Å². The van der Waals surface area contributed by atoms with Crippen molar-refractivity contribution in [1.82, 2.24) is 39.0 Å². The number of benzene rings is 3. The van der Waals surface area contributed by atoms with Crippen LogP contribution in [-0.2, 0) is 27.8 Å². The molecule has 2 amide bonds. The van der Waals surface area contributed by atoms with E-state index in [1.165, 1.54) is 29.9 Å². The summed E-state index contributed by atoms with van der Waals surface area (Å²) in [7, 11) is -2.92. The lowest BCUT2D eigenvalue weighted by molar-refractivity contribution is -0.139. The highest BCUT2D eigenvalue weighted by molar-refractivity contribution is 7.90. The number of aromatic carboxylic acids is 1. The smallest absolute Gasteiger partial charge is 0.350 e. The number of amides is 2. The third-order valence-electron chi connectivity index (χ3n) is 8.51. The van der Waals surface area contributed by atoms with Gasteiger partial charge in [-0.2, -0.15) is 19.6 Å². The number of sulfonamides is 1.